The van der Waals surface area contributed by atoms with Crippen LogP contribution in [-0.2, 0) is 15.5 Å². The zero-order chi connectivity index (χ0) is 18.5. The second-order valence-electron chi connectivity index (χ2n) is 6.96. The predicted molar refractivity (Wildman–Crippen MR) is 88.2 cm³/mol. The van der Waals surface area contributed by atoms with Crippen LogP contribution in [0, 0.1) is 0 Å². The number of rotatable bonds is 2. The van der Waals surface area contributed by atoms with E-state index in [-0.39, 0.29) is 11.3 Å². The first-order chi connectivity index (χ1) is 11.5. The summed E-state index contributed by atoms with van der Waals surface area (Å²) in [6.07, 6.45) is -1.75. The van der Waals surface area contributed by atoms with Crippen LogP contribution in [0.15, 0.2) is 36.7 Å². The molecule has 8 heteroatoms. The molecule has 1 aliphatic heterocycles. The van der Waals surface area contributed by atoms with Crippen LogP contribution in [-0.4, -0.2) is 28.3 Å². The van der Waals surface area contributed by atoms with Crippen LogP contribution >= 0.6 is 0 Å². The molecule has 132 valence electrons. The molecule has 0 N–H and O–H groups in total. The van der Waals surface area contributed by atoms with Gasteiger partial charge in [0.25, 0.3) is 0 Å². The molecule has 1 aliphatic rings. The van der Waals surface area contributed by atoms with Gasteiger partial charge in [-0.2, -0.15) is 13.2 Å². The monoisotopic (exact) mass is 350 g/mol. The van der Waals surface area contributed by atoms with Gasteiger partial charge in [-0.1, -0.05) is 18.2 Å². The number of alkyl halides is 3. The number of hydrogen-bond donors (Lipinski definition) is 0. The van der Waals surface area contributed by atoms with E-state index >= 15 is 0 Å². The minimum atomic E-state index is -4.46. The number of hydrogen-bond acceptors (Lipinski definition) is 4. The molecule has 4 nitrogen and oxygen atoms in total. The minimum absolute atomic E-state index is 0.0111. The minimum Gasteiger partial charge on any atom is -0.398 e. The molecular formula is C17H18BF3N2O2. The Morgan fingerprint density at radius 3 is 2.04 bits per heavy atom. The maximum absolute atomic E-state index is 13.1. The molecule has 25 heavy (non-hydrogen) atoms. The Labute approximate surface area is 144 Å². The SMILES string of the molecule is CC1(C)OB(c2cnc(-c3ccccc3C(F)(F)F)cn2)OC1(C)C. The second kappa shape index (κ2) is 5.81. The van der Waals surface area contributed by atoms with Crippen molar-refractivity contribution >= 4 is 12.7 Å². The van der Waals surface area contributed by atoms with E-state index in [2.05, 4.69) is 9.97 Å². The second-order valence-corrected chi connectivity index (χ2v) is 6.96. The molecule has 0 atom stereocenters. The highest BCUT2D eigenvalue weighted by Crippen LogP contribution is 2.37. The van der Waals surface area contributed by atoms with Gasteiger partial charge in [-0.3, -0.25) is 9.97 Å². The van der Waals surface area contributed by atoms with Gasteiger partial charge in [0.1, 0.15) is 0 Å². The highest BCUT2D eigenvalue weighted by molar-refractivity contribution is 6.61. The molecule has 1 saturated heterocycles. The lowest BCUT2D eigenvalue weighted by Gasteiger charge is -2.32. The Morgan fingerprint density at radius 2 is 1.52 bits per heavy atom. The Balaban J connectivity index is 1.90. The van der Waals surface area contributed by atoms with E-state index in [1.165, 1.54) is 30.6 Å². The van der Waals surface area contributed by atoms with Crippen molar-refractivity contribution in [2.24, 2.45) is 0 Å². The third-order valence-corrected chi connectivity index (χ3v) is 4.67. The summed E-state index contributed by atoms with van der Waals surface area (Å²) < 4.78 is 51.2. The van der Waals surface area contributed by atoms with Crippen molar-refractivity contribution in [2.45, 2.75) is 45.1 Å². The first kappa shape index (κ1) is 17.9. The number of aromatic nitrogens is 2. The van der Waals surface area contributed by atoms with Gasteiger partial charge in [-0.25, -0.2) is 0 Å². The highest BCUT2D eigenvalue weighted by Gasteiger charge is 2.52. The molecule has 0 saturated carbocycles. The molecule has 0 amide bonds. The molecule has 0 radical (unpaired) electrons. The van der Waals surface area contributed by atoms with E-state index in [9.17, 15) is 13.2 Å². The van der Waals surface area contributed by atoms with Crippen molar-refractivity contribution in [3.8, 4) is 11.3 Å². The van der Waals surface area contributed by atoms with Crippen molar-refractivity contribution in [1.29, 1.82) is 0 Å². The Kier molecular flexibility index (Phi) is 4.16. The fourth-order valence-electron chi connectivity index (χ4n) is 2.52. The van der Waals surface area contributed by atoms with E-state index in [1.807, 2.05) is 27.7 Å². The molecular weight excluding hydrogens is 332 g/mol. The first-order valence-corrected chi connectivity index (χ1v) is 7.85. The third kappa shape index (κ3) is 3.28. The summed E-state index contributed by atoms with van der Waals surface area (Å²) in [7, 11) is -0.704. The summed E-state index contributed by atoms with van der Waals surface area (Å²) in [5.41, 5.74) is -1.24. The van der Waals surface area contributed by atoms with Crippen molar-refractivity contribution in [2.75, 3.05) is 0 Å². The summed E-state index contributed by atoms with van der Waals surface area (Å²) in [6.45, 7) is 7.64. The zero-order valence-corrected chi connectivity index (χ0v) is 14.4. The average Bonchev–Trinajstić information content (AvgIpc) is 2.75. The van der Waals surface area contributed by atoms with Crippen LogP contribution in [0.4, 0.5) is 13.2 Å². The lowest BCUT2D eigenvalue weighted by molar-refractivity contribution is -0.137. The molecule has 0 unspecified atom stereocenters. The van der Waals surface area contributed by atoms with E-state index in [1.54, 1.807) is 0 Å². The van der Waals surface area contributed by atoms with E-state index < -0.39 is 30.1 Å². The molecule has 1 aromatic heterocycles. The van der Waals surface area contributed by atoms with E-state index in [0.717, 1.165) is 6.07 Å². The van der Waals surface area contributed by atoms with Crippen LogP contribution in [0.5, 0.6) is 0 Å². The summed E-state index contributed by atoms with van der Waals surface area (Å²) >= 11 is 0. The van der Waals surface area contributed by atoms with Gasteiger partial charge in [-0.05, 0) is 33.8 Å². The van der Waals surface area contributed by atoms with Crippen LogP contribution in [0.1, 0.15) is 33.3 Å². The Hall–Kier alpha value is -1.93. The normalized spacial score (nSPS) is 19.2. The van der Waals surface area contributed by atoms with E-state index in [4.69, 9.17) is 9.31 Å². The lowest BCUT2D eigenvalue weighted by Crippen LogP contribution is -2.41. The molecule has 3 rings (SSSR count). The van der Waals surface area contributed by atoms with Gasteiger partial charge in [0.2, 0.25) is 0 Å². The van der Waals surface area contributed by atoms with Crippen LogP contribution in [0.3, 0.4) is 0 Å². The highest BCUT2D eigenvalue weighted by atomic mass is 19.4. The van der Waals surface area contributed by atoms with Gasteiger partial charge in [0.15, 0.2) is 0 Å². The maximum Gasteiger partial charge on any atom is 0.516 e. The number of nitrogens with zero attached hydrogens (tertiary/aromatic N) is 2. The van der Waals surface area contributed by atoms with Gasteiger partial charge in [0.05, 0.1) is 34.2 Å². The number of benzene rings is 1. The van der Waals surface area contributed by atoms with Crippen molar-refractivity contribution in [3.05, 3.63) is 42.2 Å². The van der Waals surface area contributed by atoms with Crippen LogP contribution in [0.2, 0.25) is 0 Å². The molecule has 0 bridgehead atoms. The quantitative estimate of drug-likeness (QED) is 0.778. The third-order valence-electron chi connectivity index (χ3n) is 4.67. The maximum atomic E-state index is 13.1. The summed E-state index contributed by atoms with van der Waals surface area (Å²) in [5, 5.41) is 0. The van der Waals surface area contributed by atoms with Gasteiger partial charge in [-0.15, -0.1) is 0 Å². The molecule has 2 heterocycles. The summed E-state index contributed by atoms with van der Waals surface area (Å²) in [6, 6.07) is 5.29. The summed E-state index contributed by atoms with van der Waals surface area (Å²) in [5.74, 6) is 0. The molecule has 0 aliphatic carbocycles. The van der Waals surface area contributed by atoms with Crippen LogP contribution < -0.4 is 5.59 Å². The van der Waals surface area contributed by atoms with Crippen LogP contribution in [0.25, 0.3) is 11.3 Å². The van der Waals surface area contributed by atoms with Gasteiger partial charge < -0.3 is 9.31 Å². The van der Waals surface area contributed by atoms with Crippen molar-refractivity contribution < 1.29 is 22.5 Å². The lowest BCUT2D eigenvalue weighted by atomic mass is 9.85. The largest absolute Gasteiger partial charge is 0.516 e. The molecule has 1 aromatic carbocycles. The Morgan fingerprint density at radius 1 is 0.920 bits per heavy atom. The standard InChI is InChI=1S/C17H18BF3N2O2/c1-15(2)16(3,4)25-18(24-15)14-10-22-13(9-23-14)11-7-5-6-8-12(11)17(19,20)21/h5-10H,1-4H3. The fraction of sp³-hybridized carbons (Fsp3) is 0.412. The predicted octanol–water partition coefficient (Wildman–Crippen LogP) is 3.46. The molecule has 0 spiro atoms. The zero-order valence-electron chi connectivity index (χ0n) is 14.4. The summed E-state index contributed by atoms with van der Waals surface area (Å²) in [4.78, 5) is 8.35. The average molecular weight is 350 g/mol. The first-order valence-electron chi connectivity index (χ1n) is 7.85. The molecule has 2 aromatic rings. The van der Waals surface area contributed by atoms with Gasteiger partial charge in [0, 0.05) is 11.8 Å². The van der Waals surface area contributed by atoms with Gasteiger partial charge >= 0.3 is 13.3 Å². The van der Waals surface area contributed by atoms with Crippen molar-refractivity contribution in [1.82, 2.24) is 9.97 Å². The smallest absolute Gasteiger partial charge is 0.398 e. The number of halogens is 3. The molecule has 1 fully saturated rings. The Bertz CT molecular complexity index is 760. The fourth-order valence-corrected chi connectivity index (χ4v) is 2.52. The van der Waals surface area contributed by atoms with Crippen molar-refractivity contribution in [3.63, 3.8) is 0 Å². The topological polar surface area (TPSA) is 44.2 Å². The van der Waals surface area contributed by atoms with E-state index in [0.29, 0.717) is 5.59 Å².